The standard InChI is InChI=1S/C15H19F3N4O/c1-3-21(4-2)9-10-22-12-8-6-5-7-11(12)19-14(22)20-13(23)15(16,17)18/h5-8H,3-4,9-10H2,1-2H3,(H,19,20,23). The Kier molecular flexibility index (Phi) is 5.25. The van der Waals surface area contributed by atoms with Gasteiger partial charge in [0, 0.05) is 13.1 Å². The van der Waals surface area contributed by atoms with E-state index in [1.165, 1.54) is 0 Å². The zero-order chi connectivity index (χ0) is 17.0. The Bertz CT molecular complexity index is 677. The summed E-state index contributed by atoms with van der Waals surface area (Å²) in [5.41, 5.74) is 1.24. The molecule has 5 nitrogen and oxygen atoms in total. The predicted molar refractivity (Wildman–Crippen MR) is 82.2 cm³/mol. The number of amides is 1. The molecule has 0 aliphatic rings. The minimum atomic E-state index is -4.94. The lowest BCUT2D eigenvalue weighted by Crippen LogP contribution is -2.32. The van der Waals surface area contributed by atoms with Crippen LogP contribution >= 0.6 is 0 Å². The third kappa shape index (κ3) is 4.01. The quantitative estimate of drug-likeness (QED) is 0.887. The highest BCUT2D eigenvalue weighted by Gasteiger charge is 2.39. The maximum absolute atomic E-state index is 12.5. The summed E-state index contributed by atoms with van der Waals surface area (Å²) in [7, 11) is 0. The van der Waals surface area contributed by atoms with Crippen molar-refractivity contribution in [1.29, 1.82) is 0 Å². The van der Waals surface area contributed by atoms with Gasteiger partial charge in [-0.1, -0.05) is 26.0 Å². The number of nitrogens with zero attached hydrogens (tertiary/aromatic N) is 3. The number of halogens is 3. The first-order chi connectivity index (χ1) is 10.9. The normalized spacial score (nSPS) is 12.1. The van der Waals surface area contributed by atoms with Gasteiger partial charge in [0.1, 0.15) is 0 Å². The molecule has 1 N–H and O–H groups in total. The molecule has 0 saturated heterocycles. The molecule has 1 aromatic heterocycles. The molecule has 0 unspecified atom stereocenters. The van der Waals surface area contributed by atoms with Crippen LogP contribution in [0, 0.1) is 0 Å². The second-order valence-corrected chi connectivity index (χ2v) is 5.05. The molecule has 0 atom stereocenters. The summed E-state index contributed by atoms with van der Waals surface area (Å²) in [4.78, 5) is 17.5. The zero-order valence-corrected chi connectivity index (χ0v) is 13.0. The summed E-state index contributed by atoms with van der Waals surface area (Å²) >= 11 is 0. The number of hydrogen-bond donors (Lipinski definition) is 1. The Morgan fingerprint density at radius 2 is 1.91 bits per heavy atom. The largest absolute Gasteiger partial charge is 0.471 e. The van der Waals surface area contributed by atoms with E-state index in [2.05, 4.69) is 9.88 Å². The van der Waals surface area contributed by atoms with Crippen LogP contribution in [0.1, 0.15) is 13.8 Å². The second-order valence-electron chi connectivity index (χ2n) is 5.05. The van der Waals surface area contributed by atoms with Crippen molar-refractivity contribution in [3.8, 4) is 0 Å². The summed E-state index contributed by atoms with van der Waals surface area (Å²) in [6, 6.07) is 7.01. The van der Waals surface area contributed by atoms with Crippen LogP contribution in [0.15, 0.2) is 24.3 Å². The van der Waals surface area contributed by atoms with Crippen molar-refractivity contribution in [3.63, 3.8) is 0 Å². The van der Waals surface area contributed by atoms with E-state index >= 15 is 0 Å². The first-order valence-electron chi connectivity index (χ1n) is 7.42. The lowest BCUT2D eigenvalue weighted by Gasteiger charge is -2.19. The van der Waals surface area contributed by atoms with E-state index < -0.39 is 12.1 Å². The fourth-order valence-electron chi connectivity index (χ4n) is 2.35. The van der Waals surface area contributed by atoms with Crippen molar-refractivity contribution >= 4 is 22.9 Å². The van der Waals surface area contributed by atoms with Gasteiger partial charge in [-0.2, -0.15) is 13.2 Å². The van der Waals surface area contributed by atoms with Crippen LogP contribution in [0.3, 0.4) is 0 Å². The Hall–Kier alpha value is -2.09. The molecule has 0 aliphatic heterocycles. The Labute approximate surface area is 132 Å². The van der Waals surface area contributed by atoms with E-state index in [4.69, 9.17) is 0 Å². The molecule has 2 rings (SSSR count). The summed E-state index contributed by atoms with van der Waals surface area (Å²) in [5.74, 6) is -2.10. The van der Waals surface area contributed by atoms with Crippen LogP contribution in [-0.2, 0) is 11.3 Å². The van der Waals surface area contributed by atoms with Gasteiger partial charge in [0.05, 0.1) is 11.0 Å². The van der Waals surface area contributed by atoms with Crippen molar-refractivity contribution in [3.05, 3.63) is 24.3 Å². The van der Waals surface area contributed by atoms with Gasteiger partial charge in [0.25, 0.3) is 0 Å². The average Bonchev–Trinajstić information content (AvgIpc) is 2.85. The fraction of sp³-hybridized carbons (Fsp3) is 0.467. The number of hydrogen-bond acceptors (Lipinski definition) is 3. The van der Waals surface area contributed by atoms with Gasteiger partial charge < -0.3 is 9.47 Å². The molecule has 23 heavy (non-hydrogen) atoms. The fourth-order valence-corrected chi connectivity index (χ4v) is 2.35. The Balaban J connectivity index is 2.31. The van der Waals surface area contributed by atoms with Crippen molar-refractivity contribution in [1.82, 2.24) is 14.5 Å². The van der Waals surface area contributed by atoms with Gasteiger partial charge in [0.15, 0.2) is 0 Å². The van der Waals surface area contributed by atoms with Crippen LogP contribution in [0.4, 0.5) is 19.1 Å². The van der Waals surface area contributed by atoms with E-state index in [1.54, 1.807) is 28.8 Å². The molecular weight excluding hydrogens is 309 g/mol. The van der Waals surface area contributed by atoms with Crippen LogP contribution in [0.5, 0.6) is 0 Å². The van der Waals surface area contributed by atoms with Gasteiger partial charge >= 0.3 is 12.1 Å². The number of likely N-dealkylation sites (N-methyl/N-ethyl adjacent to an activating group) is 1. The van der Waals surface area contributed by atoms with Crippen molar-refractivity contribution in [2.24, 2.45) is 0 Å². The predicted octanol–water partition coefficient (Wildman–Crippen LogP) is 2.88. The van der Waals surface area contributed by atoms with Crippen LogP contribution in [-0.4, -0.2) is 46.2 Å². The molecule has 126 valence electrons. The molecule has 0 bridgehead atoms. The van der Waals surface area contributed by atoms with Crippen LogP contribution in [0.2, 0.25) is 0 Å². The molecule has 1 heterocycles. The second kappa shape index (κ2) is 6.99. The number of alkyl halides is 3. The third-order valence-corrected chi connectivity index (χ3v) is 3.67. The van der Waals surface area contributed by atoms with Gasteiger partial charge in [-0.3, -0.25) is 10.1 Å². The average molecular weight is 328 g/mol. The molecule has 0 radical (unpaired) electrons. The number of para-hydroxylation sites is 2. The summed E-state index contributed by atoms with van der Waals surface area (Å²) < 4.78 is 39.1. The monoisotopic (exact) mass is 328 g/mol. The van der Waals surface area contributed by atoms with E-state index in [9.17, 15) is 18.0 Å². The maximum Gasteiger partial charge on any atom is 0.471 e. The number of nitrogens with one attached hydrogen (secondary N) is 1. The molecule has 1 aromatic carbocycles. The molecule has 1 amide bonds. The Morgan fingerprint density at radius 1 is 1.26 bits per heavy atom. The number of aromatic nitrogens is 2. The molecule has 0 aliphatic carbocycles. The highest BCUT2D eigenvalue weighted by molar-refractivity contribution is 5.95. The van der Waals surface area contributed by atoms with E-state index in [0.29, 0.717) is 24.1 Å². The van der Waals surface area contributed by atoms with Crippen LogP contribution < -0.4 is 5.32 Å². The molecular formula is C15H19F3N4O. The number of fused-ring (bicyclic) bond motifs is 1. The molecule has 0 saturated carbocycles. The van der Waals surface area contributed by atoms with Gasteiger partial charge in [-0.25, -0.2) is 4.98 Å². The molecule has 0 spiro atoms. The van der Waals surface area contributed by atoms with E-state index in [0.717, 1.165) is 13.1 Å². The van der Waals surface area contributed by atoms with Crippen molar-refractivity contribution in [2.75, 3.05) is 25.0 Å². The highest BCUT2D eigenvalue weighted by atomic mass is 19.4. The van der Waals surface area contributed by atoms with Crippen LogP contribution in [0.25, 0.3) is 11.0 Å². The van der Waals surface area contributed by atoms with Gasteiger partial charge in [-0.05, 0) is 25.2 Å². The topological polar surface area (TPSA) is 50.2 Å². The number of rotatable bonds is 6. The maximum atomic E-state index is 12.5. The van der Waals surface area contributed by atoms with Gasteiger partial charge in [0.2, 0.25) is 5.95 Å². The highest BCUT2D eigenvalue weighted by Crippen LogP contribution is 2.22. The first-order valence-corrected chi connectivity index (χ1v) is 7.42. The minimum absolute atomic E-state index is 0.0827. The van der Waals surface area contributed by atoms with E-state index in [-0.39, 0.29) is 5.95 Å². The minimum Gasteiger partial charge on any atom is -0.309 e. The van der Waals surface area contributed by atoms with Crippen molar-refractivity contribution in [2.45, 2.75) is 26.6 Å². The lowest BCUT2D eigenvalue weighted by atomic mass is 10.3. The van der Waals surface area contributed by atoms with Gasteiger partial charge in [-0.15, -0.1) is 0 Å². The molecule has 8 heteroatoms. The zero-order valence-electron chi connectivity index (χ0n) is 13.0. The summed E-state index contributed by atoms with van der Waals surface area (Å²) in [5, 5.41) is 1.87. The van der Waals surface area contributed by atoms with Crippen molar-refractivity contribution < 1.29 is 18.0 Å². The number of carbonyl (C=O) groups excluding carboxylic acids is 1. The first kappa shape index (κ1) is 17.3. The molecule has 0 fully saturated rings. The summed E-state index contributed by atoms with van der Waals surface area (Å²) in [6.45, 7) is 6.81. The summed E-state index contributed by atoms with van der Waals surface area (Å²) in [6.07, 6.45) is -4.94. The smallest absolute Gasteiger partial charge is 0.309 e. The number of imidazole rings is 1. The molecule has 2 aromatic rings. The van der Waals surface area contributed by atoms with E-state index in [1.807, 2.05) is 19.2 Å². The third-order valence-electron chi connectivity index (χ3n) is 3.67. The number of benzene rings is 1. The Morgan fingerprint density at radius 3 is 2.52 bits per heavy atom. The number of carbonyl (C=O) groups is 1. The SMILES string of the molecule is CCN(CC)CCn1c(NC(=O)C(F)(F)F)nc2ccccc21. The number of anilines is 1. The lowest BCUT2D eigenvalue weighted by molar-refractivity contribution is -0.167.